The maximum absolute atomic E-state index is 12.1. The first-order valence-electron chi connectivity index (χ1n) is 8.23. The molecular weight excluding hydrogens is 316 g/mol. The van der Waals surface area contributed by atoms with Gasteiger partial charge in [-0.25, -0.2) is 4.79 Å². The number of benzene rings is 2. The first-order chi connectivity index (χ1) is 11.9. The van der Waals surface area contributed by atoms with Crippen molar-refractivity contribution in [3.8, 4) is 0 Å². The van der Waals surface area contributed by atoms with E-state index in [0.717, 1.165) is 16.9 Å². The lowest BCUT2D eigenvalue weighted by molar-refractivity contribution is -0.114. The minimum Gasteiger partial charge on any atom is -0.465 e. The standard InChI is InChI=1S/C20H24N2O3/c1-13(2)15-7-9-17(10-8-15)22-19(23)12-21-18-11-16(20(24)25-4)6-5-14(18)3/h5-11,13,21H,12H2,1-4H3,(H,22,23). The van der Waals surface area contributed by atoms with E-state index >= 15 is 0 Å². The van der Waals surface area contributed by atoms with Gasteiger partial charge in [-0.15, -0.1) is 0 Å². The highest BCUT2D eigenvalue weighted by molar-refractivity contribution is 5.94. The summed E-state index contributed by atoms with van der Waals surface area (Å²) in [6.45, 7) is 6.27. The molecule has 2 rings (SSSR count). The number of aryl methyl sites for hydroxylation is 1. The van der Waals surface area contributed by atoms with Crippen LogP contribution in [0.1, 0.15) is 41.3 Å². The molecule has 2 aromatic carbocycles. The van der Waals surface area contributed by atoms with Gasteiger partial charge in [-0.05, 0) is 48.2 Å². The molecular formula is C20H24N2O3. The summed E-state index contributed by atoms with van der Waals surface area (Å²) in [5.74, 6) is -0.102. The Bertz CT molecular complexity index is 752. The van der Waals surface area contributed by atoms with Gasteiger partial charge in [-0.3, -0.25) is 4.79 Å². The number of carbonyl (C=O) groups is 2. The van der Waals surface area contributed by atoms with Gasteiger partial charge < -0.3 is 15.4 Å². The average Bonchev–Trinajstić information content (AvgIpc) is 2.60. The summed E-state index contributed by atoms with van der Waals surface area (Å²) in [5, 5.41) is 5.92. The molecule has 0 fully saturated rings. The Morgan fingerprint density at radius 1 is 1.08 bits per heavy atom. The van der Waals surface area contributed by atoms with Crippen LogP contribution in [0.25, 0.3) is 0 Å². The van der Waals surface area contributed by atoms with Gasteiger partial charge in [0.25, 0.3) is 0 Å². The van der Waals surface area contributed by atoms with Crippen molar-refractivity contribution < 1.29 is 14.3 Å². The highest BCUT2D eigenvalue weighted by Crippen LogP contribution is 2.18. The highest BCUT2D eigenvalue weighted by atomic mass is 16.5. The van der Waals surface area contributed by atoms with Crippen molar-refractivity contribution >= 4 is 23.3 Å². The molecule has 0 saturated heterocycles. The molecule has 2 N–H and O–H groups in total. The Balaban J connectivity index is 1.96. The zero-order valence-corrected chi connectivity index (χ0v) is 15.1. The molecule has 0 aliphatic heterocycles. The van der Waals surface area contributed by atoms with E-state index < -0.39 is 5.97 Å². The van der Waals surface area contributed by atoms with E-state index in [4.69, 9.17) is 4.74 Å². The van der Waals surface area contributed by atoms with Crippen LogP contribution in [0.5, 0.6) is 0 Å². The lowest BCUT2D eigenvalue weighted by Gasteiger charge is -2.12. The Morgan fingerprint density at radius 2 is 1.76 bits per heavy atom. The number of rotatable bonds is 6. The van der Waals surface area contributed by atoms with Crippen molar-refractivity contribution in [3.63, 3.8) is 0 Å². The van der Waals surface area contributed by atoms with E-state index in [1.165, 1.54) is 12.7 Å². The third-order valence-electron chi connectivity index (χ3n) is 3.96. The Labute approximate surface area is 148 Å². The molecule has 0 unspecified atom stereocenters. The van der Waals surface area contributed by atoms with Crippen molar-refractivity contribution in [1.29, 1.82) is 0 Å². The third kappa shape index (κ3) is 5.08. The summed E-state index contributed by atoms with van der Waals surface area (Å²) in [6, 6.07) is 13.0. The number of nitrogens with one attached hydrogen (secondary N) is 2. The predicted octanol–water partition coefficient (Wildman–Crippen LogP) is 3.96. The van der Waals surface area contributed by atoms with Gasteiger partial charge in [0.1, 0.15) is 0 Å². The van der Waals surface area contributed by atoms with Gasteiger partial charge in [0.05, 0.1) is 19.2 Å². The molecule has 132 valence electrons. The Kier molecular flexibility index (Phi) is 6.17. The number of hydrogen-bond donors (Lipinski definition) is 2. The van der Waals surface area contributed by atoms with Crippen molar-refractivity contribution in [2.45, 2.75) is 26.7 Å². The highest BCUT2D eigenvalue weighted by Gasteiger charge is 2.09. The minimum absolute atomic E-state index is 0.109. The molecule has 0 radical (unpaired) electrons. The number of esters is 1. The Morgan fingerprint density at radius 3 is 2.36 bits per heavy atom. The summed E-state index contributed by atoms with van der Waals surface area (Å²) in [4.78, 5) is 23.7. The van der Waals surface area contributed by atoms with E-state index in [2.05, 4.69) is 24.5 Å². The summed E-state index contributed by atoms with van der Waals surface area (Å²) < 4.78 is 4.72. The molecule has 5 nitrogen and oxygen atoms in total. The molecule has 5 heteroatoms. The van der Waals surface area contributed by atoms with E-state index in [1.54, 1.807) is 12.1 Å². The number of amides is 1. The van der Waals surface area contributed by atoms with Gasteiger partial charge in [-0.1, -0.05) is 32.0 Å². The van der Waals surface area contributed by atoms with Gasteiger partial charge in [0, 0.05) is 11.4 Å². The molecule has 0 aromatic heterocycles. The minimum atomic E-state index is -0.405. The molecule has 0 heterocycles. The fourth-order valence-corrected chi connectivity index (χ4v) is 2.39. The van der Waals surface area contributed by atoms with Crippen LogP contribution in [0, 0.1) is 6.92 Å². The fourth-order valence-electron chi connectivity index (χ4n) is 2.39. The molecule has 0 saturated carbocycles. The van der Waals surface area contributed by atoms with E-state index in [9.17, 15) is 9.59 Å². The van der Waals surface area contributed by atoms with Crippen LogP contribution < -0.4 is 10.6 Å². The summed E-state index contributed by atoms with van der Waals surface area (Å²) in [7, 11) is 1.34. The number of hydrogen-bond acceptors (Lipinski definition) is 4. The lowest BCUT2D eigenvalue weighted by Crippen LogP contribution is -2.22. The second-order valence-corrected chi connectivity index (χ2v) is 6.20. The van der Waals surface area contributed by atoms with Crippen molar-refractivity contribution in [1.82, 2.24) is 0 Å². The topological polar surface area (TPSA) is 67.4 Å². The molecule has 0 aliphatic carbocycles. The molecule has 2 aromatic rings. The molecule has 0 spiro atoms. The van der Waals surface area contributed by atoms with Gasteiger partial charge in [0.2, 0.25) is 5.91 Å². The van der Waals surface area contributed by atoms with Gasteiger partial charge in [-0.2, -0.15) is 0 Å². The maximum atomic E-state index is 12.1. The normalized spacial score (nSPS) is 10.4. The SMILES string of the molecule is COC(=O)c1ccc(C)c(NCC(=O)Nc2ccc(C(C)C)cc2)c1. The number of anilines is 2. The lowest BCUT2D eigenvalue weighted by atomic mass is 10.0. The number of carbonyl (C=O) groups excluding carboxylic acids is 2. The zero-order chi connectivity index (χ0) is 18.4. The van der Waals surface area contributed by atoms with Gasteiger partial charge >= 0.3 is 5.97 Å². The second-order valence-electron chi connectivity index (χ2n) is 6.20. The van der Waals surface area contributed by atoms with E-state index in [1.807, 2.05) is 37.3 Å². The first kappa shape index (κ1) is 18.5. The summed E-state index contributed by atoms with van der Waals surface area (Å²) in [5.41, 5.74) is 4.11. The van der Waals surface area contributed by atoms with E-state index in [0.29, 0.717) is 11.5 Å². The summed E-state index contributed by atoms with van der Waals surface area (Å²) >= 11 is 0. The maximum Gasteiger partial charge on any atom is 0.337 e. The predicted molar refractivity (Wildman–Crippen MR) is 100 cm³/mol. The molecule has 1 amide bonds. The van der Waals surface area contributed by atoms with Crippen LogP contribution in [0.2, 0.25) is 0 Å². The Hall–Kier alpha value is -2.82. The van der Waals surface area contributed by atoms with Crippen LogP contribution >= 0.6 is 0 Å². The fraction of sp³-hybridized carbons (Fsp3) is 0.300. The molecule has 0 aliphatic rings. The van der Waals surface area contributed by atoms with Crippen LogP contribution in [0.4, 0.5) is 11.4 Å². The van der Waals surface area contributed by atoms with Crippen molar-refractivity contribution in [2.24, 2.45) is 0 Å². The molecule has 25 heavy (non-hydrogen) atoms. The van der Waals surface area contributed by atoms with Crippen molar-refractivity contribution in [3.05, 3.63) is 59.2 Å². The van der Waals surface area contributed by atoms with Crippen LogP contribution in [0.15, 0.2) is 42.5 Å². The molecule has 0 bridgehead atoms. The average molecular weight is 340 g/mol. The van der Waals surface area contributed by atoms with Crippen LogP contribution in [-0.2, 0) is 9.53 Å². The van der Waals surface area contributed by atoms with E-state index in [-0.39, 0.29) is 12.5 Å². The van der Waals surface area contributed by atoms with Crippen LogP contribution in [0.3, 0.4) is 0 Å². The third-order valence-corrected chi connectivity index (χ3v) is 3.96. The largest absolute Gasteiger partial charge is 0.465 e. The van der Waals surface area contributed by atoms with Gasteiger partial charge in [0.15, 0.2) is 0 Å². The summed E-state index contributed by atoms with van der Waals surface area (Å²) in [6.07, 6.45) is 0. The monoisotopic (exact) mass is 340 g/mol. The number of ether oxygens (including phenoxy) is 1. The smallest absolute Gasteiger partial charge is 0.337 e. The zero-order valence-electron chi connectivity index (χ0n) is 15.1. The second kappa shape index (κ2) is 8.33. The van der Waals surface area contributed by atoms with Crippen LogP contribution in [-0.4, -0.2) is 25.5 Å². The molecule has 0 atom stereocenters. The quantitative estimate of drug-likeness (QED) is 0.781. The first-order valence-corrected chi connectivity index (χ1v) is 8.23. The van der Waals surface area contributed by atoms with Crippen molar-refractivity contribution in [2.75, 3.05) is 24.3 Å². The number of methoxy groups -OCH3 is 1.